The molecule has 1 atom stereocenters. The van der Waals surface area contributed by atoms with Crippen molar-refractivity contribution in [2.45, 2.75) is 137 Å². The van der Waals surface area contributed by atoms with E-state index in [-0.39, 0.29) is 23.5 Å². The summed E-state index contributed by atoms with van der Waals surface area (Å²) in [6.45, 7) is 30.1. The van der Waals surface area contributed by atoms with Gasteiger partial charge in [0.1, 0.15) is 24.8 Å². The molecule has 0 N–H and O–H groups in total. The van der Waals surface area contributed by atoms with Crippen LogP contribution in [0.2, 0.25) is 51.4 Å². The van der Waals surface area contributed by atoms with E-state index in [1.165, 1.54) is 11.3 Å². The minimum atomic E-state index is -1.29. The van der Waals surface area contributed by atoms with Crippen LogP contribution in [0.4, 0.5) is 4.79 Å². The second-order valence-electron chi connectivity index (χ2n) is 19.3. The highest BCUT2D eigenvalue weighted by Gasteiger charge is 2.34. The van der Waals surface area contributed by atoms with Crippen molar-refractivity contribution in [3.63, 3.8) is 0 Å². The van der Waals surface area contributed by atoms with Gasteiger partial charge in [0.05, 0.1) is 11.2 Å². The van der Waals surface area contributed by atoms with Gasteiger partial charge in [-0.25, -0.2) is 9.48 Å². The number of amides is 2. The molecule has 5 rings (SSSR count). The van der Waals surface area contributed by atoms with Gasteiger partial charge in [-0.15, -0.1) is 0 Å². The van der Waals surface area contributed by atoms with Crippen LogP contribution in [0, 0.1) is 5.41 Å². The molecule has 52 heavy (non-hydrogen) atoms. The van der Waals surface area contributed by atoms with Crippen molar-refractivity contribution in [2.75, 3.05) is 32.8 Å². The molecule has 1 aliphatic carbocycles. The number of fused-ring (bicyclic) bond motifs is 2. The lowest BCUT2D eigenvalue weighted by molar-refractivity contribution is 0.00617. The van der Waals surface area contributed by atoms with Gasteiger partial charge in [-0.3, -0.25) is 4.79 Å². The highest BCUT2D eigenvalue weighted by molar-refractivity contribution is 6.76. The van der Waals surface area contributed by atoms with Crippen LogP contribution in [0.5, 0.6) is 0 Å². The largest absolute Gasteiger partial charge is 0.444 e. The van der Waals surface area contributed by atoms with Crippen molar-refractivity contribution >= 4 is 39.1 Å². The Bertz CT molecular complexity index is 1740. The van der Waals surface area contributed by atoms with E-state index >= 15 is 0 Å². The van der Waals surface area contributed by atoms with Crippen molar-refractivity contribution in [1.29, 1.82) is 0 Å². The number of hydrogen-bond acceptors (Lipinski definition) is 6. The zero-order chi connectivity index (χ0) is 38.2. The van der Waals surface area contributed by atoms with Crippen molar-refractivity contribution in [2.24, 2.45) is 5.41 Å². The van der Waals surface area contributed by atoms with Gasteiger partial charge in [0.25, 0.3) is 5.91 Å². The van der Waals surface area contributed by atoms with E-state index in [1.54, 1.807) is 4.90 Å². The summed E-state index contributed by atoms with van der Waals surface area (Å²) in [5.41, 5.74) is 5.79. The first-order valence-corrected chi connectivity index (χ1v) is 26.7. The SMILES string of the molecule is C[C@@H]1CN(C(=O)OC(C)(C)C)CCN1C(=O)c1ccc2cc(-c3nn(COCC[Si](C)(C)C)c4c3CCC(C)(C)C4)n(COCC[Si](C)(C)C)c2c1. The third-order valence-electron chi connectivity index (χ3n) is 10.2. The minimum absolute atomic E-state index is 0.0356. The maximum absolute atomic E-state index is 14.1. The normalized spacial score (nSPS) is 18.2. The molecule has 0 spiro atoms. The van der Waals surface area contributed by atoms with Crippen molar-refractivity contribution < 1.29 is 23.8 Å². The van der Waals surface area contributed by atoms with Crippen molar-refractivity contribution in [3.8, 4) is 11.4 Å². The van der Waals surface area contributed by atoms with Crippen LogP contribution in [-0.4, -0.2) is 96.8 Å². The molecule has 0 bridgehead atoms. The highest BCUT2D eigenvalue weighted by atomic mass is 28.3. The number of carbonyl (C=O) groups excluding carboxylic acids is 2. The van der Waals surface area contributed by atoms with E-state index in [2.05, 4.69) is 74.5 Å². The van der Waals surface area contributed by atoms with E-state index in [0.29, 0.717) is 45.3 Å². The summed E-state index contributed by atoms with van der Waals surface area (Å²) in [7, 11) is -2.50. The molecule has 3 heterocycles. The van der Waals surface area contributed by atoms with E-state index in [4.69, 9.17) is 19.3 Å². The van der Waals surface area contributed by atoms with Crippen LogP contribution < -0.4 is 0 Å². The second kappa shape index (κ2) is 15.4. The summed E-state index contributed by atoms with van der Waals surface area (Å²) < 4.78 is 22.6. The average Bonchev–Trinajstić information content (AvgIpc) is 3.55. The Kier molecular flexibility index (Phi) is 11.9. The summed E-state index contributed by atoms with van der Waals surface area (Å²) in [6.07, 6.45) is 2.68. The predicted molar refractivity (Wildman–Crippen MR) is 215 cm³/mol. The zero-order valence-electron chi connectivity index (χ0n) is 34.1. The molecule has 0 radical (unpaired) electrons. The Balaban J connectivity index is 1.47. The van der Waals surface area contributed by atoms with Crippen molar-refractivity contribution in [3.05, 3.63) is 41.1 Å². The molecule has 288 valence electrons. The van der Waals surface area contributed by atoms with Gasteiger partial charge in [0, 0.05) is 77.2 Å². The Hall–Kier alpha value is -2.94. The molecule has 2 aromatic heterocycles. The monoisotopic (exact) mass is 751 g/mol. The number of nitrogens with zero attached hydrogens (tertiary/aromatic N) is 5. The maximum Gasteiger partial charge on any atom is 0.410 e. The lowest BCUT2D eigenvalue weighted by Gasteiger charge is -2.40. The summed E-state index contributed by atoms with van der Waals surface area (Å²) in [4.78, 5) is 30.4. The molecule has 0 saturated carbocycles. The third kappa shape index (κ3) is 10.2. The number of carbonyl (C=O) groups is 2. The average molecular weight is 752 g/mol. The third-order valence-corrected chi connectivity index (χ3v) is 13.6. The number of rotatable bonds is 12. The molecule has 1 fully saturated rings. The minimum Gasteiger partial charge on any atom is -0.444 e. The van der Waals surface area contributed by atoms with Gasteiger partial charge in [-0.1, -0.05) is 59.2 Å². The van der Waals surface area contributed by atoms with Gasteiger partial charge >= 0.3 is 6.09 Å². The van der Waals surface area contributed by atoms with Crippen LogP contribution in [0.25, 0.3) is 22.3 Å². The first-order valence-electron chi connectivity index (χ1n) is 19.3. The van der Waals surface area contributed by atoms with Gasteiger partial charge in [-0.2, -0.15) is 5.10 Å². The van der Waals surface area contributed by atoms with Crippen LogP contribution in [-0.2, 0) is 40.5 Å². The first-order chi connectivity index (χ1) is 24.1. The Morgan fingerprint density at radius 1 is 0.942 bits per heavy atom. The van der Waals surface area contributed by atoms with E-state index in [0.717, 1.165) is 60.2 Å². The van der Waals surface area contributed by atoms with E-state index < -0.39 is 21.7 Å². The van der Waals surface area contributed by atoms with Crippen molar-refractivity contribution in [1.82, 2.24) is 24.1 Å². The molecule has 12 heteroatoms. The van der Waals surface area contributed by atoms with Gasteiger partial charge in [0.2, 0.25) is 0 Å². The summed E-state index contributed by atoms with van der Waals surface area (Å²) in [6, 6.07) is 10.3. The smallest absolute Gasteiger partial charge is 0.410 e. The predicted octanol–water partition coefficient (Wildman–Crippen LogP) is 8.73. The van der Waals surface area contributed by atoms with Gasteiger partial charge in [-0.05, 0) is 82.7 Å². The topological polar surface area (TPSA) is 91.1 Å². The lowest BCUT2D eigenvalue weighted by atomic mass is 9.76. The fraction of sp³-hybridized carbons (Fsp3) is 0.675. The first kappa shape index (κ1) is 40.3. The molecular weight excluding hydrogens is 687 g/mol. The molecule has 1 aliphatic heterocycles. The lowest BCUT2D eigenvalue weighted by Crippen LogP contribution is -2.56. The van der Waals surface area contributed by atoms with Gasteiger partial charge in [0.15, 0.2) is 0 Å². The van der Waals surface area contributed by atoms with Crippen LogP contribution >= 0.6 is 0 Å². The standard InChI is InChI=1S/C40H65N5O5Si2/c1-29-26-42(38(47)50-39(2,3)4)17-18-43(29)37(46)31-14-13-30-23-34(44(33(30)24-31)27-48-19-21-51(7,8)9)36-32-15-16-40(5,6)25-35(32)45(41-36)28-49-20-22-52(10,11)12/h13-14,23-24,29H,15-22,25-28H2,1-12H3/t29-/m1/s1. The van der Waals surface area contributed by atoms with Gasteiger partial charge < -0.3 is 28.6 Å². The molecular formula is C40H65N5O5Si2. The Morgan fingerprint density at radius 3 is 2.21 bits per heavy atom. The Morgan fingerprint density at radius 2 is 1.60 bits per heavy atom. The number of aromatic nitrogens is 3. The van der Waals surface area contributed by atoms with E-state index in [9.17, 15) is 9.59 Å². The number of benzene rings is 1. The maximum atomic E-state index is 14.1. The van der Waals surface area contributed by atoms with Crippen LogP contribution in [0.15, 0.2) is 24.3 Å². The Labute approximate surface area is 314 Å². The quantitative estimate of drug-likeness (QED) is 0.136. The summed E-state index contributed by atoms with van der Waals surface area (Å²) in [5, 5.41) is 6.34. The number of hydrogen-bond donors (Lipinski definition) is 0. The molecule has 0 unspecified atom stereocenters. The fourth-order valence-electron chi connectivity index (χ4n) is 7.02. The van der Waals surface area contributed by atoms with E-state index in [1.807, 2.05) is 44.7 Å². The van der Waals surface area contributed by atoms with Crippen LogP contribution in [0.1, 0.15) is 69.6 Å². The highest BCUT2D eigenvalue weighted by Crippen LogP contribution is 2.40. The number of piperazine rings is 1. The molecule has 1 saturated heterocycles. The summed E-state index contributed by atoms with van der Waals surface area (Å²) in [5.74, 6) is -0.0356. The number of ether oxygens (including phenoxy) is 3. The molecule has 10 nitrogen and oxygen atoms in total. The second-order valence-corrected chi connectivity index (χ2v) is 30.6. The zero-order valence-corrected chi connectivity index (χ0v) is 36.1. The summed E-state index contributed by atoms with van der Waals surface area (Å²) >= 11 is 0. The molecule has 3 aromatic rings. The molecule has 2 amide bonds. The molecule has 2 aliphatic rings. The van der Waals surface area contributed by atoms with Crippen LogP contribution in [0.3, 0.4) is 0 Å². The molecule has 1 aromatic carbocycles. The fourth-order valence-corrected chi connectivity index (χ4v) is 8.53.